The van der Waals surface area contributed by atoms with Crippen molar-refractivity contribution in [1.29, 1.82) is 0 Å². The van der Waals surface area contributed by atoms with Crippen LogP contribution in [0.25, 0.3) is 27.5 Å². The summed E-state index contributed by atoms with van der Waals surface area (Å²) in [6.45, 7) is 2.76. The van der Waals surface area contributed by atoms with Crippen LogP contribution in [0.4, 0.5) is 0 Å². The van der Waals surface area contributed by atoms with Crippen molar-refractivity contribution in [2.24, 2.45) is 0 Å². The molecule has 4 aromatic rings. The summed E-state index contributed by atoms with van der Waals surface area (Å²) in [6, 6.07) is 21.8. The Morgan fingerprint density at radius 1 is 0.931 bits per heavy atom. The standard InChI is InChI=1S/C25H24N2O2/c1-3-4-16-26(2)25(29)24-18(17-28)10-9-15-23(24)27-21-13-7-5-11-19(21)20-12-6-8-14-22(20)27/h5-15,17H,3-4,16H2,1-2H3. The highest BCUT2D eigenvalue weighted by Gasteiger charge is 2.23. The highest BCUT2D eigenvalue weighted by atomic mass is 16.2. The maximum absolute atomic E-state index is 13.4. The van der Waals surface area contributed by atoms with Crippen LogP contribution in [0.5, 0.6) is 0 Å². The fourth-order valence-corrected chi connectivity index (χ4v) is 3.94. The molecule has 1 amide bonds. The van der Waals surface area contributed by atoms with Crippen molar-refractivity contribution in [1.82, 2.24) is 9.47 Å². The summed E-state index contributed by atoms with van der Waals surface area (Å²) < 4.78 is 2.10. The topological polar surface area (TPSA) is 42.3 Å². The predicted molar refractivity (Wildman–Crippen MR) is 118 cm³/mol. The van der Waals surface area contributed by atoms with Gasteiger partial charge in [-0.3, -0.25) is 9.59 Å². The fourth-order valence-electron chi connectivity index (χ4n) is 3.94. The fraction of sp³-hybridized carbons (Fsp3) is 0.200. The van der Waals surface area contributed by atoms with Crippen LogP contribution >= 0.6 is 0 Å². The van der Waals surface area contributed by atoms with Crippen LogP contribution in [0.1, 0.15) is 40.5 Å². The number of carbonyl (C=O) groups excluding carboxylic acids is 2. The van der Waals surface area contributed by atoms with Crippen molar-refractivity contribution >= 4 is 34.0 Å². The average Bonchev–Trinajstić information content (AvgIpc) is 3.10. The predicted octanol–water partition coefficient (Wildman–Crippen LogP) is 5.47. The van der Waals surface area contributed by atoms with E-state index in [1.165, 1.54) is 0 Å². The van der Waals surface area contributed by atoms with Gasteiger partial charge in [-0.25, -0.2) is 0 Å². The summed E-state index contributed by atoms with van der Waals surface area (Å²) in [5.41, 5.74) is 3.63. The van der Waals surface area contributed by atoms with Gasteiger partial charge in [0.05, 0.1) is 22.3 Å². The zero-order valence-corrected chi connectivity index (χ0v) is 16.8. The van der Waals surface area contributed by atoms with Crippen LogP contribution in [-0.4, -0.2) is 35.3 Å². The van der Waals surface area contributed by atoms with Crippen molar-refractivity contribution in [2.75, 3.05) is 13.6 Å². The Morgan fingerprint density at radius 2 is 1.55 bits per heavy atom. The SMILES string of the molecule is CCCCN(C)C(=O)c1c(C=O)cccc1-n1c2ccccc2c2ccccc21. The van der Waals surface area contributed by atoms with E-state index in [0.717, 1.165) is 46.6 Å². The second kappa shape index (κ2) is 7.92. The first-order valence-electron chi connectivity index (χ1n) is 9.99. The summed E-state index contributed by atoms with van der Waals surface area (Å²) in [4.78, 5) is 26.9. The maximum atomic E-state index is 13.4. The molecule has 1 heterocycles. The van der Waals surface area contributed by atoms with Gasteiger partial charge in [-0.2, -0.15) is 0 Å². The third kappa shape index (κ3) is 3.21. The average molecular weight is 384 g/mol. The molecule has 4 nitrogen and oxygen atoms in total. The largest absolute Gasteiger partial charge is 0.342 e. The Bertz CT molecular complexity index is 1150. The van der Waals surface area contributed by atoms with Gasteiger partial charge in [0.25, 0.3) is 5.91 Å². The van der Waals surface area contributed by atoms with Crippen molar-refractivity contribution in [3.8, 4) is 5.69 Å². The molecule has 0 bridgehead atoms. The zero-order chi connectivity index (χ0) is 20.4. The Balaban J connectivity index is 2.01. The zero-order valence-electron chi connectivity index (χ0n) is 16.8. The minimum Gasteiger partial charge on any atom is -0.342 e. The van der Waals surface area contributed by atoms with Gasteiger partial charge < -0.3 is 9.47 Å². The van der Waals surface area contributed by atoms with Gasteiger partial charge >= 0.3 is 0 Å². The molecule has 0 aliphatic carbocycles. The number of hydrogen-bond donors (Lipinski definition) is 0. The van der Waals surface area contributed by atoms with Crippen LogP contribution in [-0.2, 0) is 0 Å². The molecule has 0 saturated heterocycles. The quantitative estimate of drug-likeness (QED) is 0.414. The van der Waals surface area contributed by atoms with Gasteiger partial charge in [-0.05, 0) is 24.6 Å². The molecule has 1 aromatic heterocycles. The number of fused-ring (bicyclic) bond motifs is 3. The Morgan fingerprint density at radius 3 is 2.14 bits per heavy atom. The monoisotopic (exact) mass is 384 g/mol. The normalized spacial score (nSPS) is 11.1. The van der Waals surface area contributed by atoms with E-state index in [1.54, 1.807) is 18.0 Å². The molecule has 0 fully saturated rings. The lowest BCUT2D eigenvalue weighted by Crippen LogP contribution is -2.29. The first-order chi connectivity index (χ1) is 14.2. The Hall–Kier alpha value is -3.40. The van der Waals surface area contributed by atoms with E-state index in [-0.39, 0.29) is 5.91 Å². The van der Waals surface area contributed by atoms with Crippen LogP contribution in [0.2, 0.25) is 0 Å². The van der Waals surface area contributed by atoms with Gasteiger partial charge in [0.15, 0.2) is 6.29 Å². The van der Waals surface area contributed by atoms with E-state index in [2.05, 4.69) is 35.8 Å². The van der Waals surface area contributed by atoms with Crippen molar-refractivity contribution in [2.45, 2.75) is 19.8 Å². The molecule has 3 aromatic carbocycles. The number of benzene rings is 3. The summed E-state index contributed by atoms with van der Waals surface area (Å²) in [5.74, 6) is -0.127. The van der Waals surface area contributed by atoms with Crippen LogP contribution in [0.3, 0.4) is 0 Å². The molecule has 0 spiro atoms. The molecule has 4 heteroatoms. The summed E-state index contributed by atoms with van der Waals surface area (Å²) in [5, 5.41) is 2.25. The molecule has 0 N–H and O–H groups in total. The van der Waals surface area contributed by atoms with E-state index in [9.17, 15) is 9.59 Å². The smallest absolute Gasteiger partial charge is 0.256 e. The number of aromatic nitrogens is 1. The molecule has 0 atom stereocenters. The maximum Gasteiger partial charge on any atom is 0.256 e. The first-order valence-corrected chi connectivity index (χ1v) is 9.99. The third-order valence-corrected chi connectivity index (χ3v) is 5.43. The minimum atomic E-state index is -0.127. The number of rotatable bonds is 6. The van der Waals surface area contributed by atoms with E-state index in [0.29, 0.717) is 17.7 Å². The lowest BCUT2D eigenvalue weighted by molar-refractivity contribution is 0.0790. The van der Waals surface area contributed by atoms with E-state index in [1.807, 2.05) is 36.4 Å². The number of carbonyl (C=O) groups is 2. The van der Waals surface area contributed by atoms with Gasteiger partial charge in [-0.15, -0.1) is 0 Å². The first kappa shape index (κ1) is 18.9. The molecule has 146 valence electrons. The number of nitrogens with zero attached hydrogens (tertiary/aromatic N) is 2. The lowest BCUT2D eigenvalue weighted by Gasteiger charge is -2.21. The van der Waals surface area contributed by atoms with Gasteiger partial charge in [0.2, 0.25) is 0 Å². The second-order valence-electron chi connectivity index (χ2n) is 7.31. The lowest BCUT2D eigenvalue weighted by atomic mass is 10.0. The molecular weight excluding hydrogens is 360 g/mol. The van der Waals surface area contributed by atoms with Crippen LogP contribution in [0.15, 0.2) is 66.7 Å². The number of hydrogen-bond acceptors (Lipinski definition) is 2. The van der Waals surface area contributed by atoms with E-state index >= 15 is 0 Å². The molecular formula is C25H24N2O2. The molecule has 29 heavy (non-hydrogen) atoms. The minimum absolute atomic E-state index is 0.127. The summed E-state index contributed by atoms with van der Waals surface area (Å²) >= 11 is 0. The van der Waals surface area contributed by atoms with Gasteiger partial charge in [0.1, 0.15) is 0 Å². The van der Waals surface area contributed by atoms with Crippen molar-refractivity contribution in [3.05, 3.63) is 77.9 Å². The number of para-hydroxylation sites is 2. The Labute approximate surface area is 170 Å². The summed E-state index contributed by atoms with van der Waals surface area (Å²) in [6.07, 6.45) is 2.71. The third-order valence-electron chi connectivity index (χ3n) is 5.43. The van der Waals surface area contributed by atoms with Gasteiger partial charge in [-0.1, -0.05) is 61.9 Å². The molecule has 0 unspecified atom stereocenters. The molecule has 4 rings (SSSR count). The van der Waals surface area contributed by atoms with Crippen molar-refractivity contribution in [3.63, 3.8) is 0 Å². The number of unbranched alkanes of at least 4 members (excludes halogenated alkanes) is 1. The van der Waals surface area contributed by atoms with Crippen molar-refractivity contribution < 1.29 is 9.59 Å². The van der Waals surface area contributed by atoms with Gasteiger partial charge in [0, 0.05) is 29.9 Å². The number of aldehydes is 1. The Kier molecular flexibility index (Phi) is 5.17. The second-order valence-corrected chi connectivity index (χ2v) is 7.31. The highest BCUT2D eigenvalue weighted by molar-refractivity contribution is 6.11. The molecule has 0 aliphatic rings. The van der Waals surface area contributed by atoms with E-state index in [4.69, 9.17) is 0 Å². The molecule has 0 radical (unpaired) electrons. The van der Waals surface area contributed by atoms with Crippen LogP contribution < -0.4 is 0 Å². The van der Waals surface area contributed by atoms with E-state index < -0.39 is 0 Å². The molecule has 0 saturated carbocycles. The highest BCUT2D eigenvalue weighted by Crippen LogP contribution is 2.33. The number of amides is 1. The summed E-state index contributed by atoms with van der Waals surface area (Å²) in [7, 11) is 1.80. The van der Waals surface area contributed by atoms with Crippen LogP contribution in [0, 0.1) is 0 Å². The molecule has 0 aliphatic heterocycles.